The average Bonchev–Trinajstić information content (AvgIpc) is 3.22. The van der Waals surface area contributed by atoms with Crippen molar-refractivity contribution in [3.8, 4) is 5.75 Å². The molecule has 0 saturated carbocycles. The summed E-state index contributed by atoms with van der Waals surface area (Å²) in [6.45, 7) is 1.33. The molecule has 1 amide bonds. The molecule has 0 aliphatic carbocycles. The smallest absolute Gasteiger partial charge is 0.275 e. The summed E-state index contributed by atoms with van der Waals surface area (Å²) in [6, 6.07) is 16.4. The number of amides is 1. The van der Waals surface area contributed by atoms with Gasteiger partial charge in [0, 0.05) is 19.0 Å². The second-order valence-corrected chi connectivity index (χ2v) is 6.85. The lowest BCUT2D eigenvalue weighted by Gasteiger charge is -2.32. The summed E-state index contributed by atoms with van der Waals surface area (Å²) in [5.41, 5.74) is 1.50. The number of piperidine rings is 1. The number of nitrogens with zero attached hydrogens (tertiary/aromatic N) is 2. The van der Waals surface area contributed by atoms with Gasteiger partial charge < -0.3 is 14.1 Å². The third-order valence-electron chi connectivity index (χ3n) is 4.94. The Morgan fingerprint density at radius 3 is 2.79 bits per heavy atom. The molecule has 1 atom stereocenters. The molecule has 0 bridgehead atoms. The zero-order chi connectivity index (χ0) is 19.3. The molecule has 0 spiro atoms. The van der Waals surface area contributed by atoms with E-state index in [0.717, 1.165) is 12.8 Å². The Bertz CT molecular complexity index is 942. The average molecular weight is 380 g/mol. The summed E-state index contributed by atoms with van der Waals surface area (Å²) in [5.74, 6) is 0.0836. The number of likely N-dealkylation sites (tertiary alicyclic amines) is 1. The van der Waals surface area contributed by atoms with Gasteiger partial charge in [0.25, 0.3) is 5.91 Å². The number of hydrogen-bond donors (Lipinski definition) is 0. The SMILES string of the molecule is O=C(c1coc(COc2ccccc2F)n1)N1CCC[C@H](c2ccccc2)C1. The van der Waals surface area contributed by atoms with E-state index in [1.807, 2.05) is 23.1 Å². The lowest BCUT2D eigenvalue weighted by Crippen LogP contribution is -2.39. The fourth-order valence-corrected chi connectivity index (χ4v) is 3.50. The van der Waals surface area contributed by atoms with Crippen LogP contribution in [0.25, 0.3) is 0 Å². The van der Waals surface area contributed by atoms with Crippen molar-refractivity contribution in [3.05, 3.63) is 83.8 Å². The van der Waals surface area contributed by atoms with Crippen molar-refractivity contribution in [2.45, 2.75) is 25.4 Å². The summed E-state index contributed by atoms with van der Waals surface area (Å²) in [4.78, 5) is 18.9. The van der Waals surface area contributed by atoms with Crippen LogP contribution >= 0.6 is 0 Å². The first-order valence-electron chi connectivity index (χ1n) is 9.36. The van der Waals surface area contributed by atoms with Crippen LogP contribution in [0.1, 0.15) is 40.7 Å². The van der Waals surface area contributed by atoms with Crippen LogP contribution in [0.15, 0.2) is 65.3 Å². The molecule has 5 nitrogen and oxygen atoms in total. The molecule has 1 aromatic heterocycles. The zero-order valence-corrected chi connectivity index (χ0v) is 15.4. The molecule has 0 N–H and O–H groups in total. The molecule has 1 aliphatic rings. The summed E-state index contributed by atoms with van der Waals surface area (Å²) in [7, 11) is 0. The Hall–Kier alpha value is -3.15. The van der Waals surface area contributed by atoms with Crippen LogP contribution in [-0.4, -0.2) is 28.9 Å². The summed E-state index contributed by atoms with van der Waals surface area (Å²) >= 11 is 0. The van der Waals surface area contributed by atoms with Gasteiger partial charge in [0.15, 0.2) is 23.9 Å². The lowest BCUT2D eigenvalue weighted by molar-refractivity contribution is 0.0701. The first-order valence-corrected chi connectivity index (χ1v) is 9.36. The molecule has 0 unspecified atom stereocenters. The number of carbonyl (C=O) groups is 1. The highest BCUT2D eigenvalue weighted by atomic mass is 19.1. The quantitative estimate of drug-likeness (QED) is 0.658. The second-order valence-electron chi connectivity index (χ2n) is 6.85. The van der Waals surface area contributed by atoms with Gasteiger partial charge in [0.2, 0.25) is 5.89 Å². The monoisotopic (exact) mass is 380 g/mol. The van der Waals surface area contributed by atoms with Gasteiger partial charge in [-0.05, 0) is 30.5 Å². The van der Waals surface area contributed by atoms with E-state index in [-0.39, 0.29) is 29.8 Å². The molecule has 6 heteroatoms. The maximum absolute atomic E-state index is 13.6. The Balaban J connectivity index is 1.39. The van der Waals surface area contributed by atoms with E-state index < -0.39 is 5.82 Å². The van der Waals surface area contributed by atoms with Crippen LogP contribution in [0.4, 0.5) is 4.39 Å². The molecular weight excluding hydrogens is 359 g/mol. The number of carbonyl (C=O) groups excluding carboxylic acids is 1. The predicted octanol–water partition coefficient (Wildman–Crippen LogP) is 4.41. The summed E-state index contributed by atoms with van der Waals surface area (Å²) in [5, 5.41) is 0. The third kappa shape index (κ3) is 4.06. The van der Waals surface area contributed by atoms with Crippen LogP contribution in [0.2, 0.25) is 0 Å². The van der Waals surface area contributed by atoms with Crippen molar-refractivity contribution in [1.82, 2.24) is 9.88 Å². The minimum Gasteiger partial charge on any atom is -0.481 e. The molecule has 1 fully saturated rings. The minimum absolute atomic E-state index is 0.0408. The van der Waals surface area contributed by atoms with Crippen molar-refractivity contribution >= 4 is 5.91 Å². The first kappa shape index (κ1) is 18.2. The molecule has 0 radical (unpaired) electrons. The highest BCUT2D eigenvalue weighted by Crippen LogP contribution is 2.27. The second kappa shape index (κ2) is 8.25. The number of benzene rings is 2. The number of para-hydroxylation sites is 1. The van der Waals surface area contributed by atoms with Gasteiger partial charge in [-0.3, -0.25) is 4.79 Å². The van der Waals surface area contributed by atoms with Crippen LogP contribution in [0.5, 0.6) is 5.75 Å². The molecule has 144 valence electrons. The van der Waals surface area contributed by atoms with Crippen molar-refractivity contribution in [2.24, 2.45) is 0 Å². The number of ether oxygens (including phenoxy) is 1. The van der Waals surface area contributed by atoms with Crippen molar-refractivity contribution < 1.29 is 18.3 Å². The van der Waals surface area contributed by atoms with Crippen LogP contribution < -0.4 is 4.74 Å². The largest absolute Gasteiger partial charge is 0.481 e. The Morgan fingerprint density at radius 1 is 1.18 bits per heavy atom. The van der Waals surface area contributed by atoms with E-state index in [0.29, 0.717) is 19.0 Å². The summed E-state index contributed by atoms with van der Waals surface area (Å²) in [6.07, 6.45) is 3.36. The number of hydrogen-bond acceptors (Lipinski definition) is 4. The molecule has 4 rings (SSSR count). The Kier molecular flexibility index (Phi) is 5.37. The summed E-state index contributed by atoms with van der Waals surface area (Å²) < 4.78 is 24.3. The lowest BCUT2D eigenvalue weighted by atomic mass is 9.90. The normalized spacial score (nSPS) is 16.8. The number of rotatable bonds is 5. The van der Waals surface area contributed by atoms with Crippen LogP contribution in [0, 0.1) is 5.82 Å². The highest BCUT2D eigenvalue weighted by molar-refractivity contribution is 5.92. The molecule has 28 heavy (non-hydrogen) atoms. The van der Waals surface area contributed by atoms with E-state index in [4.69, 9.17) is 9.15 Å². The zero-order valence-electron chi connectivity index (χ0n) is 15.4. The molecule has 1 saturated heterocycles. The van der Waals surface area contributed by atoms with Crippen molar-refractivity contribution in [1.29, 1.82) is 0 Å². The molecule has 3 aromatic rings. The van der Waals surface area contributed by atoms with Gasteiger partial charge in [-0.25, -0.2) is 9.37 Å². The van der Waals surface area contributed by atoms with E-state index in [2.05, 4.69) is 17.1 Å². The maximum atomic E-state index is 13.6. The van der Waals surface area contributed by atoms with Gasteiger partial charge in [-0.15, -0.1) is 0 Å². The van der Waals surface area contributed by atoms with Gasteiger partial charge in [-0.1, -0.05) is 42.5 Å². The fraction of sp³-hybridized carbons (Fsp3) is 0.273. The Labute approximate surface area is 162 Å². The fourth-order valence-electron chi connectivity index (χ4n) is 3.50. The number of halogens is 1. The first-order chi connectivity index (χ1) is 13.7. The maximum Gasteiger partial charge on any atom is 0.275 e. The molecule has 1 aliphatic heterocycles. The van der Waals surface area contributed by atoms with Crippen molar-refractivity contribution in [3.63, 3.8) is 0 Å². The standard InChI is InChI=1S/C22H21FN2O3/c23-18-10-4-5-11-20(18)27-15-21-24-19(14-28-21)22(26)25-12-6-9-17(13-25)16-7-2-1-3-8-16/h1-5,7-8,10-11,14,17H,6,9,12-13,15H2/t17-/m0/s1. The molecule has 2 heterocycles. The number of oxazole rings is 1. The predicted molar refractivity (Wildman–Crippen MR) is 102 cm³/mol. The van der Waals surface area contributed by atoms with Crippen molar-refractivity contribution in [2.75, 3.05) is 13.1 Å². The van der Waals surface area contributed by atoms with Gasteiger partial charge in [0.05, 0.1) is 0 Å². The van der Waals surface area contributed by atoms with E-state index in [1.165, 1.54) is 24.0 Å². The topological polar surface area (TPSA) is 55.6 Å². The minimum atomic E-state index is -0.453. The number of aromatic nitrogens is 1. The van der Waals surface area contributed by atoms with Gasteiger partial charge >= 0.3 is 0 Å². The highest BCUT2D eigenvalue weighted by Gasteiger charge is 2.27. The molecular formula is C22H21FN2O3. The molecule has 2 aromatic carbocycles. The van der Waals surface area contributed by atoms with Crippen LogP contribution in [-0.2, 0) is 6.61 Å². The Morgan fingerprint density at radius 2 is 1.96 bits per heavy atom. The van der Waals surface area contributed by atoms with E-state index in [9.17, 15) is 9.18 Å². The van der Waals surface area contributed by atoms with Gasteiger partial charge in [-0.2, -0.15) is 0 Å². The van der Waals surface area contributed by atoms with E-state index >= 15 is 0 Å². The van der Waals surface area contributed by atoms with E-state index in [1.54, 1.807) is 12.1 Å². The van der Waals surface area contributed by atoms with Crippen LogP contribution in [0.3, 0.4) is 0 Å². The van der Waals surface area contributed by atoms with Gasteiger partial charge in [0.1, 0.15) is 6.26 Å². The third-order valence-corrected chi connectivity index (χ3v) is 4.94.